The van der Waals surface area contributed by atoms with E-state index in [2.05, 4.69) is 188 Å². The van der Waals surface area contributed by atoms with Gasteiger partial charge in [-0.2, -0.15) is 0 Å². The number of hydrogen-bond acceptors (Lipinski definition) is 3. The standard InChI is InChI=1S/C43H45N3/c1-5-45(35-15-9-7-10-16-35)37-25-21-33(22-26-37)43(34-23-27-38(28-24-34)46(6-2)36-17-11-8-12-18-36)41-29-30-42(44-31-32(3)4)40-20-14-13-19-39(40)41/h7-30,32,43-44H,5-6,31H2,1-4H3. The molecule has 1 N–H and O–H groups in total. The molecule has 0 spiro atoms. The number of benzene rings is 6. The van der Waals surface area contributed by atoms with E-state index < -0.39 is 0 Å². The molecule has 232 valence electrons. The number of rotatable bonds is 12. The molecule has 0 aliphatic heterocycles. The Morgan fingerprint density at radius 1 is 0.478 bits per heavy atom. The summed E-state index contributed by atoms with van der Waals surface area (Å²) in [4.78, 5) is 4.72. The Morgan fingerprint density at radius 2 is 0.913 bits per heavy atom. The van der Waals surface area contributed by atoms with Crippen molar-refractivity contribution >= 4 is 39.2 Å². The quantitative estimate of drug-likeness (QED) is 0.140. The lowest BCUT2D eigenvalue weighted by atomic mass is 9.82. The summed E-state index contributed by atoms with van der Waals surface area (Å²) in [6, 6.07) is 53.1. The largest absolute Gasteiger partial charge is 0.384 e. The lowest BCUT2D eigenvalue weighted by Gasteiger charge is -2.27. The highest BCUT2D eigenvalue weighted by atomic mass is 15.1. The van der Waals surface area contributed by atoms with E-state index in [1.54, 1.807) is 0 Å². The Morgan fingerprint density at radius 3 is 1.37 bits per heavy atom. The zero-order valence-corrected chi connectivity index (χ0v) is 27.5. The van der Waals surface area contributed by atoms with Gasteiger partial charge in [0.2, 0.25) is 0 Å². The second kappa shape index (κ2) is 14.4. The van der Waals surface area contributed by atoms with Gasteiger partial charge in [-0.15, -0.1) is 0 Å². The number of fused-ring (bicyclic) bond motifs is 1. The summed E-state index contributed by atoms with van der Waals surface area (Å²) in [5, 5.41) is 6.26. The van der Waals surface area contributed by atoms with Crippen LogP contribution < -0.4 is 15.1 Å². The molecule has 3 heteroatoms. The number of nitrogens with one attached hydrogen (secondary N) is 1. The first kappa shape index (κ1) is 31.0. The van der Waals surface area contributed by atoms with Crippen LogP contribution in [0.2, 0.25) is 0 Å². The Bertz CT molecular complexity index is 1740. The molecule has 0 unspecified atom stereocenters. The SMILES string of the molecule is CCN(c1ccccc1)c1ccc(C(c2ccc(N(CC)c3ccccc3)cc2)c2ccc(NCC(C)C)c3ccccc23)cc1. The van der Waals surface area contributed by atoms with E-state index >= 15 is 0 Å². The molecule has 6 aromatic rings. The summed E-state index contributed by atoms with van der Waals surface area (Å²) < 4.78 is 0. The molecule has 6 rings (SSSR count). The lowest BCUT2D eigenvalue weighted by Crippen LogP contribution is -2.16. The van der Waals surface area contributed by atoms with Crippen LogP contribution >= 0.6 is 0 Å². The molecule has 3 nitrogen and oxygen atoms in total. The second-order valence-electron chi connectivity index (χ2n) is 12.3. The van der Waals surface area contributed by atoms with E-state index in [1.165, 1.54) is 55.9 Å². The Balaban J connectivity index is 1.44. The van der Waals surface area contributed by atoms with Crippen LogP contribution in [0.3, 0.4) is 0 Å². The molecule has 0 saturated carbocycles. The molecule has 0 aliphatic rings. The fourth-order valence-corrected chi connectivity index (χ4v) is 6.53. The first-order valence-corrected chi connectivity index (χ1v) is 16.7. The van der Waals surface area contributed by atoms with Crippen molar-refractivity contribution in [1.29, 1.82) is 0 Å². The predicted molar refractivity (Wildman–Crippen MR) is 199 cm³/mol. The van der Waals surface area contributed by atoms with Gasteiger partial charge in [0, 0.05) is 59.4 Å². The molecular formula is C43H45N3. The smallest absolute Gasteiger partial charge is 0.0420 e. The molecule has 0 radical (unpaired) electrons. The van der Waals surface area contributed by atoms with Crippen molar-refractivity contribution in [1.82, 2.24) is 0 Å². The van der Waals surface area contributed by atoms with E-state index in [0.29, 0.717) is 5.92 Å². The van der Waals surface area contributed by atoms with Crippen molar-refractivity contribution in [2.45, 2.75) is 33.6 Å². The van der Waals surface area contributed by atoms with E-state index in [1.807, 2.05) is 0 Å². The first-order chi connectivity index (χ1) is 22.6. The van der Waals surface area contributed by atoms with Gasteiger partial charge in [-0.05, 0) is 96.4 Å². The Hall–Kier alpha value is -5.02. The Kier molecular flexibility index (Phi) is 9.69. The summed E-state index contributed by atoms with van der Waals surface area (Å²) in [6.07, 6.45) is 0. The number of para-hydroxylation sites is 2. The summed E-state index contributed by atoms with van der Waals surface area (Å²) in [7, 11) is 0. The van der Waals surface area contributed by atoms with Gasteiger partial charge in [0.05, 0.1) is 0 Å². The normalized spacial score (nSPS) is 11.3. The minimum absolute atomic E-state index is 0.0748. The molecule has 0 aromatic heterocycles. The minimum atomic E-state index is 0.0748. The van der Waals surface area contributed by atoms with Gasteiger partial charge in [-0.25, -0.2) is 0 Å². The van der Waals surface area contributed by atoms with Crippen LogP contribution in [0.15, 0.2) is 146 Å². The van der Waals surface area contributed by atoms with Crippen LogP contribution in [0.5, 0.6) is 0 Å². The molecule has 0 aliphatic carbocycles. The van der Waals surface area contributed by atoms with Crippen LogP contribution in [0.25, 0.3) is 10.8 Å². The average Bonchev–Trinajstić information content (AvgIpc) is 3.11. The van der Waals surface area contributed by atoms with Crippen LogP contribution in [-0.4, -0.2) is 19.6 Å². The van der Waals surface area contributed by atoms with Crippen molar-refractivity contribution in [3.63, 3.8) is 0 Å². The first-order valence-electron chi connectivity index (χ1n) is 16.7. The molecule has 0 heterocycles. The third kappa shape index (κ3) is 6.65. The van der Waals surface area contributed by atoms with Crippen molar-refractivity contribution < 1.29 is 0 Å². The van der Waals surface area contributed by atoms with Crippen molar-refractivity contribution in [2.75, 3.05) is 34.8 Å². The maximum atomic E-state index is 3.71. The summed E-state index contributed by atoms with van der Waals surface area (Å²) in [5.41, 5.74) is 9.89. The highest BCUT2D eigenvalue weighted by molar-refractivity contribution is 5.97. The van der Waals surface area contributed by atoms with Gasteiger partial charge in [0.1, 0.15) is 0 Å². The van der Waals surface area contributed by atoms with Crippen molar-refractivity contribution in [3.8, 4) is 0 Å². The fourth-order valence-electron chi connectivity index (χ4n) is 6.53. The summed E-state index contributed by atoms with van der Waals surface area (Å²) in [6.45, 7) is 11.7. The van der Waals surface area contributed by atoms with Crippen LogP contribution in [-0.2, 0) is 0 Å². The van der Waals surface area contributed by atoms with Gasteiger partial charge < -0.3 is 15.1 Å². The van der Waals surface area contributed by atoms with Crippen LogP contribution in [0.1, 0.15) is 50.3 Å². The van der Waals surface area contributed by atoms with E-state index in [4.69, 9.17) is 0 Å². The number of hydrogen-bond donors (Lipinski definition) is 1. The van der Waals surface area contributed by atoms with Crippen LogP contribution in [0.4, 0.5) is 28.4 Å². The molecule has 46 heavy (non-hydrogen) atoms. The molecule has 0 saturated heterocycles. The zero-order valence-electron chi connectivity index (χ0n) is 27.5. The third-order valence-electron chi connectivity index (χ3n) is 8.81. The van der Waals surface area contributed by atoms with Gasteiger partial charge >= 0.3 is 0 Å². The lowest BCUT2D eigenvalue weighted by molar-refractivity contribution is 0.689. The fraction of sp³-hybridized carbons (Fsp3) is 0.209. The molecular weight excluding hydrogens is 558 g/mol. The third-order valence-corrected chi connectivity index (χ3v) is 8.81. The van der Waals surface area contributed by atoms with Gasteiger partial charge in [-0.3, -0.25) is 0 Å². The number of nitrogens with zero attached hydrogens (tertiary/aromatic N) is 2. The van der Waals surface area contributed by atoms with E-state index in [9.17, 15) is 0 Å². The maximum Gasteiger partial charge on any atom is 0.0420 e. The van der Waals surface area contributed by atoms with E-state index in [0.717, 1.165) is 19.6 Å². The second-order valence-corrected chi connectivity index (χ2v) is 12.3. The van der Waals surface area contributed by atoms with Crippen LogP contribution in [0, 0.1) is 5.92 Å². The topological polar surface area (TPSA) is 18.5 Å². The Labute approximate surface area is 275 Å². The molecule has 6 aromatic carbocycles. The highest BCUT2D eigenvalue weighted by Gasteiger charge is 2.21. The molecule has 0 bridgehead atoms. The monoisotopic (exact) mass is 603 g/mol. The highest BCUT2D eigenvalue weighted by Crippen LogP contribution is 2.40. The number of anilines is 5. The average molecular weight is 604 g/mol. The molecule has 0 atom stereocenters. The van der Waals surface area contributed by atoms with E-state index in [-0.39, 0.29) is 5.92 Å². The molecule has 0 fully saturated rings. The maximum absolute atomic E-state index is 3.71. The zero-order chi connectivity index (χ0) is 31.9. The molecule has 0 amide bonds. The minimum Gasteiger partial charge on any atom is -0.384 e. The van der Waals surface area contributed by atoms with Gasteiger partial charge in [-0.1, -0.05) is 105 Å². The van der Waals surface area contributed by atoms with Crippen molar-refractivity contribution in [3.05, 3.63) is 162 Å². The summed E-state index contributed by atoms with van der Waals surface area (Å²) in [5.74, 6) is 0.645. The van der Waals surface area contributed by atoms with Gasteiger partial charge in [0.15, 0.2) is 0 Å². The summed E-state index contributed by atoms with van der Waals surface area (Å²) >= 11 is 0. The predicted octanol–water partition coefficient (Wildman–Crippen LogP) is 11.4. The van der Waals surface area contributed by atoms with Gasteiger partial charge in [0.25, 0.3) is 0 Å². The van der Waals surface area contributed by atoms with Crippen molar-refractivity contribution in [2.24, 2.45) is 5.92 Å².